The molecule has 2 aromatic rings. The van der Waals surface area contributed by atoms with Gasteiger partial charge in [0.25, 0.3) is 0 Å². The molecule has 0 saturated carbocycles. The quantitative estimate of drug-likeness (QED) is 0.604. The number of morpholine rings is 1. The Morgan fingerprint density at radius 3 is 2.16 bits per heavy atom. The van der Waals surface area contributed by atoms with Crippen LogP contribution >= 0.6 is 0 Å². The van der Waals surface area contributed by atoms with Crippen molar-refractivity contribution in [3.05, 3.63) is 71.8 Å². The van der Waals surface area contributed by atoms with E-state index < -0.39 is 12.1 Å². The summed E-state index contributed by atoms with van der Waals surface area (Å²) in [6.07, 6.45) is 2.26. The molecule has 1 saturated heterocycles. The third-order valence-corrected chi connectivity index (χ3v) is 5.27. The van der Waals surface area contributed by atoms with Crippen molar-refractivity contribution in [3.63, 3.8) is 0 Å². The first-order chi connectivity index (χ1) is 15.2. The molecule has 0 radical (unpaired) electrons. The summed E-state index contributed by atoms with van der Waals surface area (Å²) in [5.74, 6) is -0.365. The van der Waals surface area contributed by atoms with Crippen LogP contribution in [0.2, 0.25) is 0 Å². The first-order valence-corrected chi connectivity index (χ1v) is 10.6. The Kier molecular flexibility index (Phi) is 8.60. The van der Waals surface area contributed by atoms with E-state index in [1.165, 1.54) is 0 Å². The Morgan fingerprint density at radius 2 is 1.55 bits per heavy atom. The standard InChI is InChI=1S/C24H29N3O4/c28-18-21(12-11-19-7-3-1-4-8-19)25-23(29)22(17-20-9-5-2-6-10-20)26-24(30)27-13-15-31-16-14-27/h1-10,18,21-22H,11-17H2,(H,25,29)(H,26,30)/t21-,22?/m0/s1. The number of nitrogens with one attached hydrogen (secondary N) is 2. The molecule has 1 aliphatic rings. The highest BCUT2D eigenvalue weighted by atomic mass is 16.5. The fourth-order valence-corrected chi connectivity index (χ4v) is 3.49. The van der Waals surface area contributed by atoms with Gasteiger partial charge in [0, 0.05) is 19.5 Å². The normalized spacial score (nSPS) is 15.5. The van der Waals surface area contributed by atoms with Gasteiger partial charge in [-0.1, -0.05) is 60.7 Å². The van der Waals surface area contributed by atoms with E-state index in [1.54, 1.807) is 4.90 Å². The van der Waals surface area contributed by atoms with Gasteiger partial charge in [0.2, 0.25) is 5.91 Å². The van der Waals surface area contributed by atoms with Gasteiger partial charge < -0.3 is 25.1 Å². The molecular formula is C24H29N3O4. The van der Waals surface area contributed by atoms with E-state index in [9.17, 15) is 14.4 Å². The molecule has 7 heteroatoms. The predicted molar refractivity (Wildman–Crippen MR) is 118 cm³/mol. The van der Waals surface area contributed by atoms with Crippen LogP contribution in [0.15, 0.2) is 60.7 Å². The number of aryl methyl sites for hydroxylation is 1. The summed E-state index contributed by atoms with van der Waals surface area (Å²) < 4.78 is 5.29. The Hall–Kier alpha value is -3.19. The van der Waals surface area contributed by atoms with Gasteiger partial charge in [-0.3, -0.25) is 4.79 Å². The van der Waals surface area contributed by atoms with Gasteiger partial charge in [-0.2, -0.15) is 0 Å². The van der Waals surface area contributed by atoms with Crippen molar-refractivity contribution in [2.24, 2.45) is 0 Å². The molecule has 7 nitrogen and oxygen atoms in total. The van der Waals surface area contributed by atoms with E-state index in [4.69, 9.17) is 4.74 Å². The number of rotatable bonds is 9. The Labute approximate surface area is 182 Å². The monoisotopic (exact) mass is 423 g/mol. The van der Waals surface area contributed by atoms with Crippen LogP contribution in [-0.4, -0.2) is 61.5 Å². The van der Waals surface area contributed by atoms with Crippen LogP contribution in [0.1, 0.15) is 17.5 Å². The molecule has 1 heterocycles. The van der Waals surface area contributed by atoms with Gasteiger partial charge in [0.05, 0.1) is 19.3 Å². The maximum Gasteiger partial charge on any atom is 0.318 e. The van der Waals surface area contributed by atoms with Crippen molar-refractivity contribution in [2.75, 3.05) is 26.3 Å². The highest BCUT2D eigenvalue weighted by Gasteiger charge is 2.26. The minimum Gasteiger partial charge on any atom is -0.378 e. The van der Waals surface area contributed by atoms with Crippen molar-refractivity contribution in [3.8, 4) is 0 Å². The number of carbonyl (C=O) groups is 3. The number of aldehydes is 1. The van der Waals surface area contributed by atoms with E-state index in [0.717, 1.165) is 17.4 Å². The molecule has 2 N–H and O–H groups in total. The van der Waals surface area contributed by atoms with Crippen molar-refractivity contribution < 1.29 is 19.1 Å². The molecule has 2 atom stereocenters. The summed E-state index contributed by atoms with van der Waals surface area (Å²) in [6, 6.07) is 17.6. The van der Waals surface area contributed by atoms with Crippen molar-refractivity contribution in [1.82, 2.24) is 15.5 Å². The molecule has 31 heavy (non-hydrogen) atoms. The molecule has 2 aromatic carbocycles. The van der Waals surface area contributed by atoms with Gasteiger partial charge in [-0.05, 0) is 24.0 Å². The van der Waals surface area contributed by atoms with Gasteiger partial charge in [0.1, 0.15) is 12.3 Å². The lowest BCUT2D eigenvalue weighted by molar-refractivity contribution is -0.125. The van der Waals surface area contributed by atoms with Crippen molar-refractivity contribution in [2.45, 2.75) is 31.3 Å². The Balaban J connectivity index is 1.63. The zero-order chi connectivity index (χ0) is 21.9. The molecular weight excluding hydrogens is 394 g/mol. The summed E-state index contributed by atoms with van der Waals surface area (Å²) >= 11 is 0. The third kappa shape index (κ3) is 7.22. The Morgan fingerprint density at radius 1 is 0.935 bits per heavy atom. The fraction of sp³-hybridized carbons (Fsp3) is 0.375. The average Bonchev–Trinajstić information content (AvgIpc) is 2.83. The molecule has 164 valence electrons. The molecule has 1 unspecified atom stereocenters. The predicted octanol–water partition coefficient (Wildman–Crippen LogP) is 1.96. The molecule has 0 spiro atoms. The van der Waals surface area contributed by atoms with E-state index >= 15 is 0 Å². The highest BCUT2D eigenvalue weighted by molar-refractivity contribution is 5.89. The summed E-state index contributed by atoms with van der Waals surface area (Å²) in [7, 11) is 0. The van der Waals surface area contributed by atoms with E-state index in [0.29, 0.717) is 45.6 Å². The molecule has 3 amide bonds. The molecule has 1 fully saturated rings. The van der Waals surface area contributed by atoms with Gasteiger partial charge in [-0.15, -0.1) is 0 Å². The van der Waals surface area contributed by atoms with Crippen molar-refractivity contribution >= 4 is 18.2 Å². The highest BCUT2D eigenvalue weighted by Crippen LogP contribution is 2.08. The smallest absolute Gasteiger partial charge is 0.318 e. The lowest BCUT2D eigenvalue weighted by Crippen LogP contribution is -2.55. The number of amides is 3. The topological polar surface area (TPSA) is 87.7 Å². The maximum absolute atomic E-state index is 13.0. The third-order valence-electron chi connectivity index (χ3n) is 5.27. The summed E-state index contributed by atoms with van der Waals surface area (Å²) in [5.41, 5.74) is 2.03. The fourth-order valence-electron chi connectivity index (χ4n) is 3.49. The number of urea groups is 1. The second kappa shape index (κ2) is 11.9. The molecule has 0 bridgehead atoms. The second-order valence-corrected chi connectivity index (χ2v) is 7.57. The van der Waals surface area contributed by atoms with E-state index in [-0.39, 0.29) is 11.9 Å². The first kappa shape index (κ1) is 22.5. The zero-order valence-corrected chi connectivity index (χ0v) is 17.5. The van der Waals surface area contributed by atoms with Crippen LogP contribution < -0.4 is 10.6 Å². The number of nitrogens with zero attached hydrogens (tertiary/aromatic N) is 1. The Bertz CT molecular complexity index is 838. The lowest BCUT2D eigenvalue weighted by Gasteiger charge is -2.29. The van der Waals surface area contributed by atoms with E-state index in [2.05, 4.69) is 10.6 Å². The summed E-state index contributed by atoms with van der Waals surface area (Å²) in [6.45, 7) is 1.93. The van der Waals surface area contributed by atoms with Gasteiger partial charge in [-0.25, -0.2) is 4.79 Å². The number of hydrogen-bond donors (Lipinski definition) is 2. The minimum absolute atomic E-state index is 0.300. The van der Waals surface area contributed by atoms with Crippen LogP contribution in [-0.2, 0) is 27.2 Å². The van der Waals surface area contributed by atoms with Crippen LogP contribution in [0.3, 0.4) is 0 Å². The molecule has 0 aromatic heterocycles. The second-order valence-electron chi connectivity index (χ2n) is 7.57. The maximum atomic E-state index is 13.0. The van der Waals surface area contributed by atoms with Crippen LogP contribution in [0.5, 0.6) is 0 Å². The molecule has 1 aliphatic heterocycles. The van der Waals surface area contributed by atoms with Crippen LogP contribution in [0.4, 0.5) is 4.79 Å². The first-order valence-electron chi connectivity index (χ1n) is 10.6. The molecule has 0 aliphatic carbocycles. The average molecular weight is 424 g/mol. The number of carbonyl (C=O) groups excluding carboxylic acids is 3. The van der Waals surface area contributed by atoms with Gasteiger partial charge >= 0.3 is 6.03 Å². The summed E-state index contributed by atoms with van der Waals surface area (Å²) in [5, 5.41) is 5.64. The molecule has 3 rings (SSSR count). The van der Waals surface area contributed by atoms with Gasteiger partial charge in [0.15, 0.2) is 0 Å². The number of benzene rings is 2. The van der Waals surface area contributed by atoms with Crippen LogP contribution in [0.25, 0.3) is 0 Å². The number of ether oxygens (including phenoxy) is 1. The zero-order valence-electron chi connectivity index (χ0n) is 17.5. The number of hydrogen-bond acceptors (Lipinski definition) is 4. The summed E-state index contributed by atoms with van der Waals surface area (Å²) in [4.78, 5) is 38.9. The minimum atomic E-state index is -0.781. The SMILES string of the molecule is O=C[C@H](CCc1ccccc1)NC(=O)C(Cc1ccccc1)NC(=O)N1CCOCC1. The van der Waals surface area contributed by atoms with Crippen molar-refractivity contribution in [1.29, 1.82) is 0 Å². The lowest BCUT2D eigenvalue weighted by atomic mass is 10.0. The largest absolute Gasteiger partial charge is 0.378 e. The van der Waals surface area contributed by atoms with Crippen LogP contribution in [0, 0.1) is 0 Å². The van der Waals surface area contributed by atoms with E-state index in [1.807, 2.05) is 60.7 Å².